The lowest BCUT2D eigenvalue weighted by molar-refractivity contribution is 0.345. The Labute approximate surface area is 74.3 Å². The molecule has 0 radical (unpaired) electrons. The lowest BCUT2D eigenvalue weighted by atomic mass is 10.3. The second-order valence-corrected chi connectivity index (χ2v) is 4.46. The van der Waals surface area contributed by atoms with E-state index in [4.69, 9.17) is 4.55 Å². The first-order chi connectivity index (χ1) is 5.45. The number of rotatable bonds is 6. The van der Waals surface area contributed by atoms with Gasteiger partial charge in [-0.3, -0.25) is 4.55 Å². The molecule has 4 nitrogen and oxygen atoms in total. The van der Waals surface area contributed by atoms with Gasteiger partial charge in [0.2, 0.25) is 0 Å². The molecule has 0 aromatic rings. The zero-order chi connectivity index (χ0) is 9.61. The molecule has 0 aliphatic carbocycles. The average Bonchev–Trinajstić information content (AvgIpc) is 1.96. The summed E-state index contributed by atoms with van der Waals surface area (Å²) in [6, 6.07) is 0. The van der Waals surface area contributed by atoms with E-state index in [9.17, 15) is 8.42 Å². The van der Waals surface area contributed by atoms with Crippen LogP contribution in [0.3, 0.4) is 0 Å². The van der Waals surface area contributed by atoms with Crippen molar-refractivity contribution >= 4 is 10.1 Å². The number of hydrogen-bond acceptors (Lipinski definition) is 3. The standard InChI is InChI=1S/C7H17NO3S/c1-3-8(2)6-4-5-7-12(9,10)11/h3-7H2,1-2H3,(H,9,10,11). The molecule has 0 spiro atoms. The first-order valence-electron chi connectivity index (χ1n) is 4.09. The van der Waals surface area contributed by atoms with Crippen molar-refractivity contribution < 1.29 is 13.0 Å². The Morgan fingerprint density at radius 1 is 1.33 bits per heavy atom. The normalized spacial score (nSPS) is 12.3. The summed E-state index contributed by atoms with van der Waals surface area (Å²) in [7, 11) is -1.77. The van der Waals surface area contributed by atoms with Crippen molar-refractivity contribution in [3.8, 4) is 0 Å². The molecular weight excluding hydrogens is 178 g/mol. The molecule has 0 aromatic carbocycles. The van der Waals surface area contributed by atoms with Gasteiger partial charge in [0.15, 0.2) is 0 Å². The second kappa shape index (κ2) is 5.50. The third kappa shape index (κ3) is 7.97. The van der Waals surface area contributed by atoms with Gasteiger partial charge in [0.25, 0.3) is 10.1 Å². The number of unbranched alkanes of at least 4 members (excludes halogenated alkanes) is 1. The molecule has 0 aromatic heterocycles. The van der Waals surface area contributed by atoms with Gasteiger partial charge in [0, 0.05) is 0 Å². The van der Waals surface area contributed by atoms with E-state index >= 15 is 0 Å². The molecule has 0 aliphatic heterocycles. The molecule has 74 valence electrons. The van der Waals surface area contributed by atoms with E-state index in [0.29, 0.717) is 6.42 Å². The van der Waals surface area contributed by atoms with E-state index in [-0.39, 0.29) is 5.75 Å². The lowest BCUT2D eigenvalue weighted by Crippen LogP contribution is -2.19. The highest BCUT2D eigenvalue weighted by Gasteiger charge is 2.03. The lowest BCUT2D eigenvalue weighted by Gasteiger charge is -2.12. The SMILES string of the molecule is CCN(C)CCCCS(=O)(=O)O. The highest BCUT2D eigenvalue weighted by molar-refractivity contribution is 7.85. The monoisotopic (exact) mass is 195 g/mol. The minimum absolute atomic E-state index is 0.120. The maximum atomic E-state index is 10.3. The van der Waals surface area contributed by atoms with Crippen molar-refractivity contribution in [1.29, 1.82) is 0 Å². The molecule has 5 heteroatoms. The molecule has 0 rings (SSSR count). The second-order valence-electron chi connectivity index (χ2n) is 2.89. The Morgan fingerprint density at radius 3 is 2.33 bits per heavy atom. The zero-order valence-corrected chi connectivity index (χ0v) is 8.47. The van der Waals surface area contributed by atoms with Gasteiger partial charge in [-0.15, -0.1) is 0 Å². The molecular formula is C7H17NO3S. The van der Waals surface area contributed by atoms with Crippen LogP contribution < -0.4 is 0 Å². The van der Waals surface area contributed by atoms with E-state index in [1.165, 1.54) is 0 Å². The van der Waals surface area contributed by atoms with Gasteiger partial charge in [-0.25, -0.2) is 0 Å². The van der Waals surface area contributed by atoms with Gasteiger partial charge in [0.05, 0.1) is 5.75 Å². The highest BCUT2D eigenvalue weighted by atomic mass is 32.2. The predicted molar refractivity (Wildman–Crippen MR) is 48.8 cm³/mol. The van der Waals surface area contributed by atoms with E-state index in [1.54, 1.807) is 0 Å². The van der Waals surface area contributed by atoms with Crippen LogP contribution >= 0.6 is 0 Å². The zero-order valence-electron chi connectivity index (χ0n) is 7.65. The van der Waals surface area contributed by atoms with E-state index < -0.39 is 10.1 Å². The summed E-state index contributed by atoms with van der Waals surface area (Å²) in [4.78, 5) is 2.10. The average molecular weight is 195 g/mol. The fourth-order valence-corrected chi connectivity index (χ4v) is 1.39. The third-order valence-corrected chi connectivity index (χ3v) is 2.54. The Balaban J connectivity index is 3.34. The summed E-state index contributed by atoms with van der Waals surface area (Å²) in [6.45, 7) is 3.89. The largest absolute Gasteiger partial charge is 0.307 e. The van der Waals surface area contributed by atoms with Gasteiger partial charge >= 0.3 is 0 Å². The number of nitrogens with zero attached hydrogens (tertiary/aromatic N) is 1. The quantitative estimate of drug-likeness (QED) is 0.498. The fraction of sp³-hybridized carbons (Fsp3) is 1.00. The first kappa shape index (κ1) is 11.9. The van der Waals surface area contributed by atoms with Crippen molar-refractivity contribution in [2.24, 2.45) is 0 Å². The minimum Gasteiger partial charge on any atom is -0.307 e. The Bertz CT molecular complexity index is 201. The molecule has 0 atom stereocenters. The van der Waals surface area contributed by atoms with Crippen LogP contribution in [0.2, 0.25) is 0 Å². The van der Waals surface area contributed by atoms with Crippen molar-refractivity contribution in [3.63, 3.8) is 0 Å². The molecule has 0 heterocycles. The summed E-state index contributed by atoms with van der Waals surface area (Å²) in [5.41, 5.74) is 0. The molecule has 12 heavy (non-hydrogen) atoms. The Morgan fingerprint density at radius 2 is 1.92 bits per heavy atom. The van der Waals surface area contributed by atoms with Crippen molar-refractivity contribution in [2.75, 3.05) is 25.9 Å². The molecule has 0 amide bonds. The van der Waals surface area contributed by atoms with Crippen molar-refractivity contribution in [2.45, 2.75) is 19.8 Å². The summed E-state index contributed by atoms with van der Waals surface area (Å²) >= 11 is 0. The molecule has 0 saturated heterocycles. The molecule has 0 aliphatic rings. The van der Waals surface area contributed by atoms with Crippen LogP contribution in [0.15, 0.2) is 0 Å². The van der Waals surface area contributed by atoms with Gasteiger partial charge < -0.3 is 4.90 Å². The maximum Gasteiger partial charge on any atom is 0.264 e. The van der Waals surface area contributed by atoms with Crippen LogP contribution in [0.5, 0.6) is 0 Å². The highest BCUT2D eigenvalue weighted by Crippen LogP contribution is 1.95. The maximum absolute atomic E-state index is 10.3. The summed E-state index contributed by atoms with van der Waals surface area (Å²) in [5, 5.41) is 0. The summed E-state index contributed by atoms with van der Waals surface area (Å²) < 4.78 is 29.0. The summed E-state index contributed by atoms with van der Waals surface area (Å²) in [5.74, 6) is -0.120. The van der Waals surface area contributed by atoms with Gasteiger partial charge in [-0.1, -0.05) is 6.92 Å². The van der Waals surface area contributed by atoms with Crippen LogP contribution in [0.1, 0.15) is 19.8 Å². The number of hydrogen-bond donors (Lipinski definition) is 1. The summed E-state index contributed by atoms with van der Waals surface area (Å²) in [6.07, 6.45) is 1.34. The van der Waals surface area contributed by atoms with Gasteiger partial charge in [0.1, 0.15) is 0 Å². The third-order valence-electron chi connectivity index (χ3n) is 1.73. The topological polar surface area (TPSA) is 57.6 Å². The molecule has 0 fully saturated rings. The molecule has 0 unspecified atom stereocenters. The molecule has 1 N–H and O–H groups in total. The minimum atomic E-state index is -3.75. The van der Waals surface area contributed by atoms with E-state index in [1.807, 2.05) is 14.0 Å². The first-order valence-corrected chi connectivity index (χ1v) is 5.70. The van der Waals surface area contributed by atoms with Gasteiger partial charge in [-0.05, 0) is 33.0 Å². The predicted octanol–water partition coefficient (Wildman–Crippen LogP) is 0.606. The van der Waals surface area contributed by atoms with Crippen LogP contribution in [0.4, 0.5) is 0 Å². The Kier molecular flexibility index (Phi) is 5.44. The van der Waals surface area contributed by atoms with E-state index in [2.05, 4.69) is 4.90 Å². The Hall–Kier alpha value is -0.130. The molecule has 0 bridgehead atoms. The van der Waals surface area contributed by atoms with E-state index in [0.717, 1.165) is 19.5 Å². The van der Waals surface area contributed by atoms with Gasteiger partial charge in [-0.2, -0.15) is 8.42 Å². The van der Waals surface area contributed by atoms with Crippen molar-refractivity contribution in [3.05, 3.63) is 0 Å². The molecule has 0 saturated carbocycles. The van der Waals surface area contributed by atoms with Crippen LogP contribution in [-0.2, 0) is 10.1 Å². The van der Waals surface area contributed by atoms with Crippen LogP contribution in [-0.4, -0.2) is 43.8 Å². The van der Waals surface area contributed by atoms with Crippen LogP contribution in [0.25, 0.3) is 0 Å². The smallest absolute Gasteiger partial charge is 0.264 e. The van der Waals surface area contributed by atoms with Crippen LogP contribution in [0, 0.1) is 0 Å². The fourth-order valence-electron chi connectivity index (χ4n) is 0.824. The van der Waals surface area contributed by atoms with Crippen molar-refractivity contribution in [1.82, 2.24) is 4.90 Å².